The Balaban J connectivity index is 2.06. The largest absolute Gasteiger partial charge is 0.383 e. The fourth-order valence-electron chi connectivity index (χ4n) is 2.07. The zero-order valence-corrected chi connectivity index (χ0v) is 13.2. The molecule has 0 aliphatic carbocycles. The van der Waals surface area contributed by atoms with Crippen LogP contribution in [0.2, 0.25) is 0 Å². The molecule has 7 nitrogen and oxygen atoms in total. The number of nitrogens with zero attached hydrogens (tertiary/aromatic N) is 1. The van der Waals surface area contributed by atoms with Crippen LogP contribution in [0.15, 0.2) is 24.5 Å². The van der Waals surface area contributed by atoms with E-state index in [9.17, 15) is 14.5 Å². The third-order valence-corrected chi connectivity index (χ3v) is 4.01. The summed E-state index contributed by atoms with van der Waals surface area (Å²) < 4.78 is 23.0. The van der Waals surface area contributed by atoms with E-state index < -0.39 is 30.4 Å². The van der Waals surface area contributed by atoms with Crippen molar-refractivity contribution in [2.24, 2.45) is 5.73 Å². The first-order valence-electron chi connectivity index (χ1n) is 6.04. The second-order valence-electron chi connectivity index (χ2n) is 4.57. The van der Waals surface area contributed by atoms with Crippen LogP contribution in [0.4, 0.5) is 0 Å². The number of aliphatic hydroxyl groups is 1. The summed E-state index contributed by atoms with van der Waals surface area (Å²) in [4.78, 5) is 11.2. The Morgan fingerprint density at radius 3 is 2.95 bits per heavy atom. The van der Waals surface area contributed by atoms with E-state index in [1.165, 1.54) is 10.8 Å². The second kappa shape index (κ2) is 6.60. The molecule has 1 fully saturated rings. The Hall–Kier alpha value is -0.690. The van der Waals surface area contributed by atoms with Gasteiger partial charge in [-0.2, -0.15) is 4.57 Å². The summed E-state index contributed by atoms with van der Waals surface area (Å²) in [6, 6.07) is 3.17. The lowest BCUT2D eigenvalue weighted by atomic mass is 10.2. The van der Waals surface area contributed by atoms with Gasteiger partial charge in [0.1, 0.15) is 11.7 Å². The van der Waals surface area contributed by atoms with Gasteiger partial charge in [-0.3, -0.25) is 9.36 Å². The van der Waals surface area contributed by atoms with Crippen molar-refractivity contribution >= 4 is 34.5 Å². The lowest BCUT2D eigenvalue weighted by molar-refractivity contribution is -0.765. The second-order valence-corrected chi connectivity index (χ2v) is 8.84. The molecule has 0 saturated carbocycles. The molecule has 3 atom stereocenters. The molecular weight excluding hydrogens is 342 g/mol. The number of halogens is 2. The summed E-state index contributed by atoms with van der Waals surface area (Å²) in [6.45, 7) is -0.103. The fraction of sp³-hybridized carbons (Fsp3) is 0.455. The molecule has 1 amide bonds. The minimum atomic E-state index is -3.64. The molecule has 0 aromatic carbocycles. The first-order chi connectivity index (χ1) is 9.76. The SMILES string of the molecule is NC(=O)c1ccc[n+]([C@@H]2O[C@H](COP(=O)(Cl)Cl)C[C@H]2O)c1. The van der Waals surface area contributed by atoms with E-state index in [1.54, 1.807) is 18.3 Å². The molecule has 1 aromatic rings. The third kappa shape index (κ3) is 4.64. The standard InChI is InChI=1S/C11H13Cl2N2O5P/c12-21(13,18)19-6-8-4-9(16)11(20-8)15-3-1-2-7(5-15)10(14)17/h1-3,5,8-9,11,16H,4,6H2,(H-,14,17)/p+1/t8-,9+,11+/m0/s1. The van der Waals surface area contributed by atoms with Gasteiger partial charge < -0.3 is 20.1 Å². The zero-order chi connectivity index (χ0) is 15.6. The normalized spacial score (nSPS) is 26.0. The first kappa shape index (κ1) is 16.7. The number of aromatic nitrogens is 1. The van der Waals surface area contributed by atoms with Gasteiger partial charge in [0, 0.05) is 12.5 Å². The minimum absolute atomic E-state index is 0.103. The quantitative estimate of drug-likeness (QED) is 0.612. The van der Waals surface area contributed by atoms with Crippen LogP contribution >= 0.6 is 28.6 Å². The summed E-state index contributed by atoms with van der Waals surface area (Å²) in [5.41, 5.74) is 5.49. The Labute approximate surface area is 130 Å². The number of hydrogen-bond acceptors (Lipinski definition) is 5. The number of primary amides is 1. The number of amides is 1. The van der Waals surface area contributed by atoms with Crippen LogP contribution < -0.4 is 10.3 Å². The molecule has 2 heterocycles. The molecule has 1 aliphatic rings. The van der Waals surface area contributed by atoms with Crippen LogP contribution in [0.5, 0.6) is 0 Å². The van der Waals surface area contributed by atoms with Gasteiger partial charge in [0.25, 0.3) is 12.1 Å². The molecule has 0 spiro atoms. The van der Waals surface area contributed by atoms with Gasteiger partial charge in [0.2, 0.25) is 0 Å². The molecule has 10 heteroatoms. The molecule has 116 valence electrons. The average molecular weight is 356 g/mol. The summed E-state index contributed by atoms with van der Waals surface area (Å²) in [7, 11) is 0. The van der Waals surface area contributed by atoms with Gasteiger partial charge in [-0.1, -0.05) is 0 Å². The highest BCUT2D eigenvalue weighted by Gasteiger charge is 2.41. The van der Waals surface area contributed by atoms with Gasteiger partial charge in [0.15, 0.2) is 12.4 Å². The van der Waals surface area contributed by atoms with Crippen LogP contribution in [0.25, 0.3) is 0 Å². The molecule has 3 N–H and O–H groups in total. The number of carbonyl (C=O) groups is 1. The number of ether oxygens (including phenoxy) is 1. The van der Waals surface area contributed by atoms with Crippen molar-refractivity contribution in [3.05, 3.63) is 30.1 Å². The van der Waals surface area contributed by atoms with Crippen molar-refractivity contribution in [3.8, 4) is 0 Å². The van der Waals surface area contributed by atoms with Crippen LogP contribution in [-0.2, 0) is 13.8 Å². The molecule has 1 aliphatic heterocycles. The van der Waals surface area contributed by atoms with Crippen LogP contribution in [0.1, 0.15) is 23.0 Å². The van der Waals surface area contributed by atoms with Crippen molar-refractivity contribution in [1.29, 1.82) is 0 Å². The Morgan fingerprint density at radius 1 is 1.62 bits per heavy atom. The van der Waals surface area contributed by atoms with Gasteiger partial charge >= 0.3 is 6.07 Å². The molecule has 1 aromatic heterocycles. The predicted octanol–water partition coefficient (Wildman–Crippen LogP) is 1.32. The number of pyridine rings is 1. The van der Waals surface area contributed by atoms with E-state index >= 15 is 0 Å². The number of aliphatic hydroxyl groups excluding tert-OH is 1. The summed E-state index contributed by atoms with van der Waals surface area (Å²) in [5.74, 6) is -0.582. The summed E-state index contributed by atoms with van der Waals surface area (Å²) in [6.07, 6.45) is -2.30. The van der Waals surface area contributed by atoms with E-state index in [0.29, 0.717) is 5.56 Å². The van der Waals surface area contributed by atoms with Crippen LogP contribution in [0.3, 0.4) is 0 Å². The van der Waals surface area contributed by atoms with Gasteiger partial charge in [-0.05, 0) is 28.5 Å². The van der Waals surface area contributed by atoms with E-state index in [1.807, 2.05) is 0 Å². The van der Waals surface area contributed by atoms with Gasteiger partial charge in [0.05, 0.1) is 12.7 Å². The smallest absolute Gasteiger partial charge is 0.380 e. The molecule has 2 rings (SSSR count). The third-order valence-electron chi connectivity index (χ3n) is 2.98. The van der Waals surface area contributed by atoms with Crippen molar-refractivity contribution in [2.75, 3.05) is 6.61 Å². The lowest BCUT2D eigenvalue weighted by Gasteiger charge is -2.11. The van der Waals surface area contributed by atoms with Crippen LogP contribution in [-0.4, -0.2) is 29.8 Å². The highest BCUT2D eigenvalue weighted by Crippen LogP contribution is 2.57. The highest BCUT2D eigenvalue weighted by molar-refractivity contribution is 8.05. The first-order valence-corrected chi connectivity index (χ1v) is 9.48. The van der Waals surface area contributed by atoms with Crippen molar-refractivity contribution in [1.82, 2.24) is 0 Å². The maximum Gasteiger partial charge on any atom is 0.380 e. The topological polar surface area (TPSA) is 103 Å². The van der Waals surface area contributed by atoms with E-state index in [0.717, 1.165) is 0 Å². The molecule has 21 heavy (non-hydrogen) atoms. The van der Waals surface area contributed by atoms with E-state index in [-0.39, 0.29) is 13.0 Å². The van der Waals surface area contributed by atoms with Crippen LogP contribution in [0, 0.1) is 0 Å². The number of hydrogen-bond donors (Lipinski definition) is 2. The number of carbonyl (C=O) groups excluding carboxylic acids is 1. The summed E-state index contributed by atoms with van der Waals surface area (Å²) in [5, 5.41) is 10.0. The van der Waals surface area contributed by atoms with Crippen molar-refractivity contribution in [3.63, 3.8) is 0 Å². The Bertz CT molecular complexity index is 581. The van der Waals surface area contributed by atoms with Gasteiger partial charge in [-0.25, -0.2) is 0 Å². The molecule has 0 radical (unpaired) electrons. The minimum Gasteiger partial charge on any atom is -0.383 e. The highest BCUT2D eigenvalue weighted by atomic mass is 35.9. The zero-order valence-electron chi connectivity index (χ0n) is 10.8. The number of rotatable bonds is 5. The monoisotopic (exact) mass is 355 g/mol. The molecule has 1 saturated heterocycles. The maximum absolute atomic E-state index is 11.2. The fourth-order valence-corrected chi connectivity index (χ4v) is 2.75. The lowest BCUT2D eigenvalue weighted by Crippen LogP contribution is -2.44. The maximum atomic E-state index is 11.2. The van der Waals surface area contributed by atoms with Gasteiger partial charge in [-0.15, -0.1) is 0 Å². The Kier molecular flexibility index (Phi) is 5.24. The molecular formula is C11H14Cl2N2O5P+. The van der Waals surface area contributed by atoms with E-state index in [4.69, 9.17) is 37.5 Å². The number of nitrogens with two attached hydrogens (primary N) is 1. The van der Waals surface area contributed by atoms with E-state index in [2.05, 4.69) is 0 Å². The van der Waals surface area contributed by atoms with Crippen molar-refractivity contribution in [2.45, 2.75) is 24.9 Å². The summed E-state index contributed by atoms with van der Waals surface area (Å²) >= 11 is 10.6. The molecule has 0 unspecified atom stereocenters. The predicted molar refractivity (Wildman–Crippen MR) is 75.0 cm³/mol. The Morgan fingerprint density at radius 2 is 2.33 bits per heavy atom. The van der Waals surface area contributed by atoms with Crippen molar-refractivity contribution < 1.29 is 28.3 Å². The average Bonchev–Trinajstić information content (AvgIpc) is 2.77. The molecule has 0 bridgehead atoms.